The summed E-state index contributed by atoms with van der Waals surface area (Å²) in [4.78, 5) is 0. The van der Waals surface area contributed by atoms with Crippen LogP contribution >= 0.6 is 12.4 Å². The molecule has 4 heteroatoms. The van der Waals surface area contributed by atoms with Crippen molar-refractivity contribution in [2.45, 2.75) is 26.3 Å². The van der Waals surface area contributed by atoms with Gasteiger partial charge < -0.3 is 15.9 Å². The molecule has 3 nitrogen and oxygen atoms in total. The van der Waals surface area contributed by atoms with Crippen LogP contribution in [-0.4, -0.2) is 16.8 Å². The summed E-state index contributed by atoms with van der Waals surface area (Å²) < 4.78 is 0. The molecule has 0 aliphatic rings. The number of hydrogen-bond acceptors (Lipinski definition) is 3. The molecule has 1 aromatic rings. The number of aromatic hydroxyl groups is 1. The van der Waals surface area contributed by atoms with Crippen molar-refractivity contribution in [1.29, 1.82) is 0 Å². The topological polar surface area (TPSA) is 66.5 Å². The molecule has 1 aromatic carbocycles. The zero-order valence-electron chi connectivity index (χ0n) is 9.03. The van der Waals surface area contributed by atoms with Crippen molar-refractivity contribution in [2.75, 3.05) is 6.61 Å². The first-order valence-corrected chi connectivity index (χ1v) is 4.72. The summed E-state index contributed by atoms with van der Waals surface area (Å²) >= 11 is 0. The largest absolute Gasteiger partial charge is 0.507 e. The molecule has 0 bridgehead atoms. The highest BCUT2D eigenvalue weighted by Gasteiger charge is 2.09. The molecule has 4 N–H and O–H groups in total. The van der Waals surface area contributed by atoms with Crippen molar-refractivity contribution in [3.05, 3.63) is 28.8 Å². The van der Waals surface area contributed by atoms with E-state index in [2.05, 4.69) is 0 Å². The molecule has 86 valence electrons. The number of aryl methyl sites for hydroxylation is 2. The molecule has 0 amide bonds. The second-order valence-corrected chi connectivity index (χ2v) is 3.62. The Hall–Kier alpha value is -0.770. The van der Waals surface area contributed by atoms with Crippen molar-refractivity contribution >= 4 is 12.4 Å². The lowest BCUT2D eigenvalue weighted by Gasteiger charge is -2.13. The molecule has 0 aromatic heterocycles. The first-order valence-electron chi connectivity index (χ1n) is 4.72. The summed E-state index contributed by atoms with van der Waals surface area (Å²) in [5, 5.41) is 18.3. The van der Waals surface area contributed by atoms with Gasteiger partial charge in [0.25, 0.3) is 0 Å². The van der Waals surface area contributed by atoms with Gasteiger partial charge in [-0.15, -0.1) is 12.4 Å². The van der Waals surface area contributed by atoms with Gasteiger partial charge in [0.15, 0.2) is 0 Å². The van der Waals surface area contributed by atoms with Crippen LogP contribution < -0.4 is 5.73 Å². The maximum absolute atomic E-state index is 9.55. The van der Waals surface area contributed by atoms with Crippen LogP contribution in [0.1, 0.15) is 29.2 Å². The zero-order chi connectivity index (χ0) is 10.7. The Kier molecular flexibility index (Phi) is 5.65. The Morgan fingerprint density at radius 3 is 2.13 bits per heavy atom. The molecule has 0 aliphatic heterocycles. The fourth-order valence-corrected chi connectivity index (χ4v) is 1.51. The number of benzene rings is 1. The van der Waals surface area contributed by atoms with Gasteiger partial charge in [0.05, 0.1) is 0 Å². The molecular weight excluding hydrogens is 214 g/mol. The van der Waals surface area contributed by atoms with Gasteiger partial charge in [-0.3, -0.25) is 0 Å². The molecule has 0 heterocycles. The van der Waals surface area contributed by atoms with Crippen molar-refractivity contribution < 1.29 is 10.2 Å². The van der Waals surface area contributed by atoms with Crippen LogP contribution in [0.2, 0.25) is 0 Å². The lowest BCUT2D eigenvalue weighted by atomic mass is 9.99. The highest BCUT2D eigenvalue weighted by Crippen LogP contribution is 2.26. The molecule has 0 aliphatic carbocycles. The number of rotatable bonds is 3. The molecule has 1 unspecified atom stereocenters. The molecule has 1 rings (SSSR count). The minimum absolute atomic E-state index is 0. The predicted molar refractivity (Wildman–Crippen MR) is 63.5 cm³/mol. The Labute approximate surface area is 96.3 Å². The molecule has 0 saturated carbocycles. The van der Waals surface area contributed by atoms with Gasteiger partial charge in [-0.1, -0.05) is 12.1 Å². The smallest absolute Gasteiger partial charge is 0.121 e. The molecule has 0 radical (unpaired) electrons. The average Bonchev–Trinajstić information content (AvgIpc) is 2.13. The Morgan fingerprint density at radius 1 is 1.27 bits per heavy atom. The standard InChI is InChI=1S/C11H17NO2.ClH/c1-7-5-9(10(12)3-4-13)6-8(2)11(7)14;/h5-6,10,13-14H,3-4,12H2,1-2H3;1H. The third-order valence-corrected chi connectivity index (χ3v) is 2.38. The van der Waals surface area contributed by atoms with Crippen LogP contribution in [-0.2, 0) is 0 Å². The van der Waals surface area contributed by atoms with E-state index >= 15 is 0 Å². The van der Waals surface area contributed by atoms with Crippen LogP contribution in [0.3, 0.4) is 0 Å². The van der Waals surface area contributed by atoms with E-state index in [0.29, 0.717) is 12.2 Å². The molecular formula is C11H18ClNO2. The van der Waals surface area contributed by atoms with Crippen LogP contribution in [0.5, 0.6) is 5.75 Å². The van der Waals surface area contributed by atoms with E-state index in [0.717, 1.165) is 16.7 Å². The Morgan fingerprint density at radius 2 is 1.73 bits per heavy atom. The zero-order valence-corrected chi connectivity index (χ0v) is 9.84. The van der Waals surface area contributed by atoms with E-state index in [9.17, 15) is 5.11 Å². The fourth-order valence-electron chi connectivity index (χ4n) is 1.51. The van der Waals surface area contributed by atoms with Gasteiger partial charge in [0.2, 0.25) is 0 Å². The van der Waals surface area contributed by atoms with Crippen LogP contribution in [0.4, 0.5) is 0 Å². The van der Waals surface area contributed by atoms with Gasteiger partial charge in [0.1, 0.15) is 5.75 Å². The second kappa shape index (κ2) is 5.95. The van der Waals surface area contributed by atoms with Gasteiger partial charge in [0, 0.05) is 12.6 Å². The monoisotopic (exact) mass is 231 g/mol. The molecule has 15 heavy (non-hydrogen) atoms. The Balaban J connectivity index is 0.00000196. The maximum atomic E-state index is 9.55. The average molecular weight is 232 g/mol. The summed E-state index contributed by atoms with van der Waals surface area (Å²) in [7, 11) is 0. The van der Waals surface area contributed by atoms with E-state index in [-0.39, 0.29) is 25.1 Å². The second-order valence-electron chi connectivity index (χ2n) is 3.62. The van der Waals surface area contributed by atoms with Crippen LogP contribution in [0.15, 0.2) is 12.1 Å². The maximum Gasteiger partial charge on any atom is 0.121 e. The van der Waals surface area contributed by atoms with Gasteiger partial charge in [-0.2, -0.15) is 0 Å². The molecule has 0 saturated heterocycles. The van der Waals surface area contributed by atoms with Crippen molar-refractivity contribution in [3.63, 3.8) is 0 Å². The number of halogens is 1. The summed E-state index contributed by atoms with van der Waals surface area (Å²) in [5.41, 5.74) is 8.47. The van der Waals surface area contributed by atoms with Gasteiger partial charge in [-0.25, -0.2) is 0 Å². The number of phenolic OH excluding ortho intramolecular Hbond substituents is 1. The number of phenols is 1. The minimum Gasteiger partial charge on any atom is -0.507 e. The van der Waals surface area contributed by atoms with Gasteiger partial charge in [-0.05, 0) is 37.0 Å². The third-order valence-electron chi connectivity index (χ3n) is 2.38. The molecule has 1 atom stereocenters. The molecule has 0 fully saturated rings. The predicted octanol–water partition coefficient (Wildman–Crippen LogP) is 1.81. The number of aliphatic hydroxyl groups is 1. The summed E-state index contributed by atoms with van der Waals surface area (Å²) in [6.07, 6.45) is 0.545. The fraction of sp³-hybridized carbons (Fsp3) is 0.455. The summed E-state index contributed by atoms with van der Waals surface area (Å²) in [6, 6.07) is 3.57. The molecule has 0 spiro atoms. The minimum atomic E-state index is -0.155. The number of hydrogen-bond donors (Lipinski definition) is 3. The van der Waals surface area contributed by atoms with E-state index in [1.165, 1.54) is 0 Å². The summed E-state index contributed by atoms with van der Waals surface area (Å²) in [5.74, 6) is 0.324. The SMILES string of the molecule is Cc1cc(C(N)CCO)cc(C)c1O.Cl. The third kappa shape index (κ3) is 3.38. The lowest BCUT2D eigenvalue weighted by Crippen LogP contribution is -2.12. The van der Waals surface area contributed by atoms with E-state index in [4.69, 9.17) is 10.8 Å². The summed E-state index contributed by atoms with van der Waals surface area (Å²) in [6.45, 7) is 3.77. The van der Waals surface area contributed by atoms with Crippen LogP contribution in [0, 0.1) is 13.8 Å². The van der Waals surface area contributed by atoms with Crippen molar-refractivity contribution in [2.24, 2.45) is 5.73 Å². The van der Waals surface area contributed by atoms with Gasteiger partial charge >= 0.3 is 0 Å². The number of aliphatic hydroxyl groups excluding tert-OH is 1. The highest BCUT2D eigenvalue weighted by atomic mass is 35.5. The van der Waals surface area contributed by atoms with Crippen molar-refractivity contribution in [1.82, 2.24) is 0 Å². The van der Waals surface area contributed by atoms with Crippen LogP contribution in [0.25, 0.3) is 0 Å². The lowest BCUT2D eigenvalue weighted by molar-refractivity contribution is 0.276. The van der Waals surface area contributed by atoms with E-state index in [1.807, 2.05) is 26.0 Å². The number of nitrogens with two attached hydrogens (primary N) is 1. The van der Waals surface area contributed by atoms with Crippen molar-refractivity contribution in [3.8, 4) is 5.75 Å². The highest BCUT2D eigenvalue weighted by molar-refractivity contribution is 5.85. The first-order chi connectivity index (χ1) is 6.56. The van der Waals surface area contributed by atoms with E-state index in [1.54, 1.807) is 0 Å². The first kappa shape index (κ1) is 14.2. The van der Waals surface area contributed by atoms with E-state index < -0.39 is 0 Å². The quantitative estimate of drug-likeness (QED) is 0.744. The Bertz CT molecular complexity index is 305. The normalized spacial score (nSPS) is 12.0.